The van der Waals surface area contributed by atoms with Crippen LogP contribution in [0.5, 0.6) is 0 Å². The van der Waals surface area contributed by atoms with E-state index in [-0.39, 0.29) is 11.3 Å². The van der Waals surface area contributed by atoms with Crippen LogP contribution in [0.1, 0.15) is 47.6 Å². The van der Waals surface area contributed by atoms with Gasteiger partial charge in [-0.3, -0.25) is 0 Å². The second-order valence-corrected chi connectivity index (χ2v) is 13.2. The molecule has 0 N–H and O–H groups in total. The van der Waals surface area contributed by atoms with Gasteiger partial charge in [-0.05, 0) is 62.6 Å². The van der Waals surface area contributed by atoms with E-state index in [1.54, 1.807) is 0 Å². The fourth-order valence-corrected chi connectivity index (χ4v) is 7.82. The standard InChI is InChI=1S/C44H33N3/c1-44(2)37-23-12-11-22-35(37)40-38(44)25-24-34-33-21-10-9-18-31(33)27-36(39(34)40)30-19-13-20-32(26-30)43-46-41(28-14-5-3-6-15-28)45-42(47-43)29-16-7-4-8-17-29/h3-26,36H,27H2,1-2H3. The van der Waals surface area contributed by atoms with Crippen molar-refractivity contribution >= 4 is 0 Å². The van der Waals surface area contributed by atoms with Crippen LogP contribution >= 0.6 is 0 Å². The zero-order valence-corrected chi connectivity index (χ0v) is 26.5. The van der Waals surface area contributed by atoms with Gasteiger partial charge in [-0.2, -0.15) is 0 Å². The maximum Gasteiger partial charge on any atom is 0.164 e. The predicted molar refractivity (Wildman–Crippen MR) is 191 cm³/mol. The molecule has 47 heavy (non-hydrogen) atoms. The van der Waals surface area contributed by atoms with Crippen molar-refractivity contribution in [3.8, 4) is 56.4 Å². The van der Waals surface area contributed by atoms with Crippen molar-refractivity contribution in [3.05, 3.63) is 173 Å². The molecule has 224 valence electrons. The zero-order chi connectivity index (χ0) is 31.5. The first-order valence-electron chi connectivity index (χ1n) is 16.4. The van der Waals surface area contributed by atoms with Gasteiger partial charge in [0.05, 0.1) is 0 Å². The minimum atomic E-state index is -0.0587. The van der Waals surface area contributed by atoms with Gasteiger partial charge in [0, 0.05) is 28.0 Å². The highest BCUT2D eigenvalue weighted by Crippen LogP contribution is 2.56. The normalized spacial score (nSPS) is 15.3. The Hall–Kier alpha value is -5.67. The van der Waals surface area contributed by atoms with Crippen molar-refractivity contribution in [2.24, 2.45) is 0 Å². The number of aromatic nitrogens is 3. The number of nitrogens with zero attached hydrogens (tertiary/aromatic N) is 3. The summed E-state index contributed by atoms with van der Waals surface area (Å²) in [6.45, 7) is 4.73. The smallest absolute Gasteiger partial charge is 0.164 e. The first-order chi connectivity index (χ1) is 23.1. The lowest BCUT2D eigenvalue weighted by Gasteiger charge is -2.32. The summed E-state index contributed by atoms with van der Waals surface area (Å²) in [5, 5.41) is 0. The Balaban J connectivity index is 1.24. The molecule has 7 aromatic rings. The van der Waals surface area contributed by atoms with Crippen LogP contribution in [0.15, 0.2) is 146 Å². The number of rotatable bonds is 4. The Morgan fingerprint density at radius 2 is 1.06 bits per heavy atom. The monoisotopic (exact) mass is 603 g/mol. The molecule has 3 nitrogen and oxygen atoms in total. The number of hydrogen-bond donors (Lipinski definition) is 0. The van der Waals surface area contributed by atoms with Crippen LogP contribution in [0, 0.1) is 0 Å². The van der Waals surface area contributed by atoms with Crippen LogP contribution < -0.4 is 0 Å². The van der Waals surface area contributed by atoms with E-state index in [4.69, 9.17) is 15.0 Å². The van der Waals surface area contributed by atoms with Gasteiger partial charge in [0.15, 0.2) is 17.5 Å². The predicted octanol–water partition coefficient (Wildman–Crippen LogP) is 10.5. The van der Waals surface area contributed by atoms with Gasteiger partial charge in [-0.1, -0.05) is 153 Å². The van der Waals surface area contributed by atoms with E-state index >= 15 is 0 Å². The van der Waals surface area contributed by atoms with Crippen LogP contribution in [0.2, 0.25) is 0 Å². The maximum atomic E-state index is 5.05. The summed E-state index contributed by atoms with van der Waals surface area (Å²) in [6.07, 6.45) is 0.938. The fraction of sp³-hybridized carbons (Fsp3) is 0.114. The molecule has 1 heterocycles. The average molecular weight is 604 g/mol. The summed E-state index contributed by atoms with van der Waals surface area (Å²) in [7, 11) is 0. The molecule has 6 aromatic carbocycles. The molecule has 1 atom stereocenters. The molecule has 0 saturated carbocycles. The molecule has 9 rings (SSSR count). The quantitative estimate of drug-likeness (QED) is 0.201. The largest absolute Gasteiger partial charge is 0.208 e. The highest BCUT2D eigenvalue weighted by atomic mass is 15.0. The lowest BCUT2D eigenvalue weighted by molar-refractivity contribution is 0.659. The molecule has 0 amide bonds. The number of fused-ring (bicyclic) bond motifs is 7. The van der Waals surface area contributed by atoms with Crippen molar-refractivity contribution in [2.75, 3.05) is 0 Å². The van der Waals surface area contributed by atoms with E-state index in [0.717, 1.165) is 23.1 Å². The second-order valence-electron chi connectivity index (χ2n) is 13.2. The van der Waals surface area contributed by atoms with Crippen molar-refractivity contribution < 1.29 is 0 Å². The Bertz CT molecular complexity index is 2250. The van der Waals surface area contributed by atoms with Crippen molar-refractivity contribution in [1.82, 2.24) is 15.0 Å². The van der Waals surface area contributed by atoms with E-state index in [0.29, 0.717) is 17.5 Å². The molecule has 0 saturated heterocycles. The van der Waals surface area contributed by atoms with Crippen LogP contribution in [-0.2, 0) is 11.8 Å². The Morgan fingerprint density at radius 1 is 0.489 bits per heavy atom. The minimum Gasteiger partial charge on any atom is -0.208 e. The van der Waals surface area contributed by atoms with E-state index in [1.165, 1.54) is 50.1 Å². The van der Waals surface area contributed by atoms with Crippen molar-refractivity contribution in [1.29, 1.82) is 0 Å². The van der Waals surface area contributed by atoms with Gasteiger partial charge in [0.1, 0.15) is 0 Å². The summed E-state index contributed by atoms with van der Waals surface area (Å²) in [6, 6.07) is 51.9. The van der Waals surface area contributed by atoms with Gasteiger partial charge in [0.2, 0.25) is 0 Å². The summed E-state index contributed by atoms with van der Waals surface area (Å²) >= 11 is 0. The Morgan fingerprint density at radius 3 is 1.77 bits per heavy atom. The fourth-order valence-electron chi connectivity index (χ4n) is 7.82. The summed E-state index contributed by atoms with van der Waals surface area (Å²) < 4.78 is 0. The third kappa shape index (κ3) is 4.45. The molecule has 2 aliphatic carbocycles. The van der Waals surface area contributed by atoms with E-state index in [2.05, 4.69) is 123 Å². The minimum absolute atomic E-state index is 0.0587. The Kier molecular flexibility index (Phi) is 6.29. The molecule has 0 aliphatic heterocycles. The molecular formula is C44H33N3. The molecule has 0 radical (unpaired) electrons. The summed E-state index contributed by atoms with van der Waals surface area (Å²) in [5.41, 5.74) is 15.2. The van der Waals surface area contributed by atoms with Crippen LogP contribution in [-0.4, -0.2) is 15.0 Å². The van der Waals surface area contributed by atoms with Gasteiger partial charge >= 0.3 is 0 Å². The van der Waals surface area contributed by atoms with Crippen molar-refractivity contribution in [2.45, 2.75) is 31.6 Å². The molecule has 0 bridgehead atoms. The third-order valence-corrected chi connectivity index (χ3v) is 10.1. The molecule has 0 fully saturated rings. The summed E-state index contributed by atoms with van der Waals surface area (Å²) in [5.74, 6) is 2.21. The van der Waals surface area contributed by atoms with E-state index < -0.39 is 0 Å². The van der Waals surface area contributed by atoms with Gasteiger partial charge < -0.3 is 0 Å². The lowest BCUT2D eigenvalue weighted by atomic mass is 9.71. The highest BCUT2D eigenvalue weighted by molar-refractivity contribution is 5.91. The topological polar surface area (TPSA) is 38.7 Å². The molecule has 2 aliphatic rings. The van der Waals surface area contributed by atoms with Crippen LogP contribution in [0.3, 0.4) is 0 Å². The van der Waals surface area contributed by atoms with Crippen LogP contribution in [0.4, 0.5) is 0 Å². The SMILES string of the molecule is CC1(C)c2ccccc2-c2c1ccc1c2C(c2cccc(-c3nc(-c4ccccc4)nc(-c4ccccc4)n3)c2)Cc2ccccc2-1. The highest BCUT2D eigenvalue weighted by Gasteiger charge is 2.40. The molecule has 0 spiro atoms. The van der Waals surface area contributed by atoms with Gasteiger partial charge in [0.25, 0.3) is 0 Å². The zero-order valence-electron chi connectivity index (χ0n) is 26.5. The van der Waals surface area contributed by atoms with Crippen LogP contribution in [0.25, 0.3) is 56.4 Å². The van der Waals surface area contributed by atoms with Gasteiger partial charge in [-0.15, -0.1) is 0 Å². The first kappa shape index (κ1) is 27.6. The number of hydrogen-bond acceptors (Lipinski definition) is 3. The second kappa shape index (κ2) is 10.7. The molecular weight excluding hydrogens is 571 g/mol. The lowest BCUT2D eigenvalue weighted by Crippen LogP contribution is -2.17. The average Bonchev–Trinajstić information content (AvgIpc) is 3.38. The van der Waals surface area contributed by atoms with Gasteiger partial charge in [-0.25, -0.2) is 15.0 Å². The maximum absolute atomic E-state index is 5.05. The van der Waals surface area contributed by atoms with E-state index in [1.807, 2.05) is 36.4 Å². The Labute approximate surface area is 275 Å². The summed E-state index contributed by atoms with van der Waals surface area (Å²) in [4.78, 5) is 15.0. The molecule has 1 aromatic heterocycles. The molecule has 3 heteroatoms. The number of benzene rings is 6. The van der Waals surface area contributed by atoms with Crippen molar-refractivity contribution in [3.63, 3.8) is 0 Å². The first-order valence-corrected chi connectivity index (χ1v) is 16.4. The van der Waals surface area contributed by atoms with E-state index in [9.17, 15) is 0 Å². The third-order valence-electron chi connectivity index (χ3n) is 10.1. The molecule has 1 unspecified atom stereocenters.